The van der Waals surface area contributed by atoms with E-state index in [2.05, 4.69) is 10.6 Å². The molecule has 2 aliphatic rings. The Morgan fingerprint density at radius 2 is 1.80 bits per heavy atom. The van der Waals surface area contributed by atoms with Crippen LogP contribution in [0, 0.1) is 5.92 Å². The van der Waals surface area contributed by atoms with Gasteiger partial charge in [0.2, 0.25) is 5.91 Å². The summed E-state index contributed by atoms with van der Waals surface area (Å²) in [6.07, 6.45) is 1.57. The average Bonchev–Trinajstić information content (AvgIpc) is 2.59. The molecule has 2 heterocycles. The van der Waals surface area contributed by atoms with Gasteiger partial charge in [0.1, 0.15) is 0 Å². The Labute approximate surface area is 147 Å². The lowest BCUT2D eigenvalue weighted by molar-refractivity contribution is -0.127. The lowest BCUT2D eigenvalue weighted by Crippen LogP contribution is -2.54. The third-order valence-corrected chi connectivity index (χ3v) is 4.91. The number of nitrogens with zero attached hydrogens (tertiary/aromatic N) is 1. The molecule has 3 rings (SSSR count). The fraction of sp³-hybridized carbons (Fsp3) is 0.556. The van der Waals surface area contributed by atoms with Gasteiger partial charge in [-0.25, -0.2) is 0 Å². The molecule has 136 valence electrons. The minimum atomic E-state index is -0.0195. The Balaban J connectivity index is 1.55. The van der Waals surface area contributed by atoms with Crippen molar-refractivity contribution >= 4 is 11.8 Å². The van der Waals surface area contributed by atoms with Crippen molar-refractivity contribution in [2.45, 2.75) is 18.9 Å². The molecule has 0 aliphatic carbocycles. The first-order valence-electron chi connectivity index (χ1n) is 8.64. The lowest BCUT2D eigenvalue weighted by atomic mass is 9.99. The second kappa shape index (κ2) is 7.74. The second-order valence-corrected chi connectivity index (χ2v) is 6.50. The van der Waals surface area contributed by atoms with Crippen LogP contribution >= 0.6 is 0 Å². The summed E-state index contributed by atoms with van der Waals surface area (Å²) in [5.74, 6) is 1.36. The van der Waals surface area contributed by atoms with Crippen molar-refractivity contribution in [3.8, 4) is 11.5 Å². The van der Waals surface area contributed by atoms with Crippen LogP contribution in [-0.2, 0) is 4.79 Å². The molecule has 0 atom stereocenters. The van der Waals surface area contributed by atoms with Crippen LogP contribution < -0.4 is 20.1 Å². The molecule has 2 aliphatic heterocycles. The van der Waals surface area contributed by atoms with Crippen molar-refractivity contribution in [3.63, 3.8) is 0 Å². The fourth-order valence-electron chi connectivity index (χ4n) is 3.17. The summed E-state index contributed by atoms with van der Waals surface area (Å²) in [4.78, 5) is 26.5. The zero-order valence-corrected chi connectivity index (χ0v) is 14.7. The molecule has 2 N–H and O–H groups in total. The van der Waals surface area contributed by atoms with Crippen LogP contribution in [0.1, 0.15) is 23.2 Å². The highest BCUT2D eigenvalue weighted by Gasteiger charge is 2.29. The normalized spacial score (nSPS) is 18.4. The zero-order valence-electron chi connectivity index (χ0n) is 14.7. The van der Waals surface area contributed by atoms with Crippen LogP contribution in [0.5, 0.6) is 11.5 Å². The summed E-state index contributed by atoms with van der Waals surface area (Å²) in [6.45, 7) is 2.81. The summed E-state index contributed by atoms with van der Waals surface area (Å²) in [5.41, 5.74) is 0.584. The largest absolute Gasteiger partial charge is 0.493 e. The number of hydrogen-bond donors (Lipinski definition) is 2. The number of ether oxygens (including phenoxy) is 2. The van der Waals surface area contributed by atoms with E-state index >= 15 is 0 Å². The summed E-state index contributed by atoms with van der Waals surface area (Å²) < 4.78 is 10.5. The minimum Gasteiger partial charge on any atom is -0.493 e. The first-order chi connectivity index (χ1) is 12.1. The molecule has 7 nitrogen and oxygen atoms in total. The van der Waals surface area contributed by atoms with Crippen molar-refractivity contribution in [3.05, 3.63) is 23.8 Å². The molecule has 25 heavy (non-hydrogen) atoms. The van der Waals surface area contributed by atoms with Gasteiger partial charge in [-0.3, -0.25) is 9.59 Å². The number of hydrogen-bond acceptors (Lipinski definition) is 5. The van der Waals surface area contributed by atoms with Crippen LogP contribution in [0.15, 0.2) is 18.2 Å². The Hall–Kier alpha value is -2.28. The van der Waals surface area contributed by atoms with Gasteiger partial charge in [0, 0.05) is 37.8 Å². The molecular formula is C18H25N3O4. The number of carbonyl (C=O) groups excluding carboxylic acids is 2. The lowest BCUT2D eigenvalue weighted by Gasteiger charge is -2.34. The Morgan fingerprint density at radius 3 is 2.36 bits per heavy atom. The van der Waals surface area contributed by atoms with E-state index in [-0.39, 0.29) is 23.8 Å². The molecule has 0 saturated carbocycles. The molecule has 7 heteroatoms. The molecule has 1 aromatic rings. The molecule has 0 aromatic heterocycles. The number of carbonyl (C=O) groups is 2. The first-order valence-corrected chi connectivity index (χ1v) is 8.64. The van der Waals surface area contributed by atoms with Gasteiger partial charge >= 0.3 is 0 Å². The summed E-state index contributed by atoms with van der Waals surface area (Å²) in [6, 6.07) is 5.36. The molecule has 2 saturated heterocycles. The van der Waals surface area contributed by atoms with Crippen LogP contribution in [0.4, 0.5) is 0 Å². The number of piperidine rings is 1. The van der Waals surface area contributed by atoms with Crippen molar-refractivity contribution in [1.82, 2.24) is 15.5 Å². The zero-order chi connectivity index (χ0) is 17.8. The first kappa shape index (κ1) is 17.5. The van der Waals surface area contributed by atoms with Crippen LogP contribution in [0.3, 0.4) is 0 Å². The fourth-order valence-corrected chi connectivity index (χ4v) is 3.17. The van der Waals surface area contributed by atoms with E-state index in [1.807, 2.05) is 4.90 Å². The van der Waals surface area contributed by atoms with E-state index in [1.165, 1.54) is 0 Å². The van der Waals surface area contributed by atoms with Gasteiger partial charge in [-0.15, -0.1) is 0 Å². The summed E-state index contributed by atoms with van der Waals surface area (Å²) in [7, 11) is 3.12. The highest BCUT2D eigenvalue weighted by molar-refractivity contribution is 5.95. The maximum Gasteiger partial charge on any atom is 0.253 e. The maximum atomic E-state index is 12.7. The number of benzene rings is 1. The molecule has 0 radical (unpaired) electrons. The SMILES string of the molecule is COc1ccc(C(=O)N2CCC(NC(=O)C3CNC3)CC2)cc1OC. The van der Waals surface area contributed by atoms with Crippen molar-refractivity contribution in [1.29, 1.82) is 0 Å². The van der Waals surface area contributed by atoms with Crippen molar-refractivity contribution < 1.29 is 19.1 Å². The predicted octanol–water partition coefficient (Wildman–Crippen LogP) is 0.644. The van der Waals surface area contributed by atoms with Gasteiger partial charge in [0.25, 0.3) is 5.91 Å². The molecule has 0 unspecified atom stereocenters. The topological polar surface area (TPSA) is 79.9 Å². The second-order valence-electron chi connectivity index (χ2n) is 6.50. The van der Waals surface area contributed by atoms with E-state index in [1.54, 1.807) is 32.4 Å². The third-order valence-electron chi connectivity index (χ3n) is 4.91. The predicted molar refractivity (Wildman–Crippen MR) is 93.0 cm³/mol. The molecule has 0 bridgehead atoms. The highest BCUT2D eigenvalue weighted by Crippen LogP contribution is 2.28. The van der Waals surface area contributed by atoms with Crippen LogP contribution in [-0.4, -0.2) is 63.2 Å². The molecule has 0 spiro atoms. The van der Waals surface area contributed by atoms with E-state index in [0.717, 1.165) is 25.9 Å². The van der Waals surface area contributed by atoms with Gasteiger partial charge in [-0.2, -0.15) is 0 Å². The monoisotopic (exact) mass is 347 g/mol. The van der Waals surface area contributed by atoms with Crippen molar-refractivity contribution in [2.24, 2.45) is 5.92 Å². The molecule has 1 aromatic carbocycles. The van der Waals surface area contributed by atoms with Gasteiger partial charge in [0.15, 0.2) is 11.5 Å². The van der Waals surface area contributed by atoms with Gasteiger partial charge < -0.3 is 25.0 Å². The smallest absolute Gasteiger partial charge is 0.253 e. The number of likely N-dealkylation sites (tertiary alicyclic amines) is 1. The Morgan fingerprint density at radius 1 is 1.12 bits per heavy atom. The summed E-state index contributed by atoms with van der Waals surface area (Å²) >= 11 is 0. The van der Waals surface area contributed by atoms with Gasteiger partial charge in [0.05, 0.1) is 20.1 Å². The van der Waals surface area contributed by atoms with Crippen LogP contribution in [0.25, 0.3) is 0 Å². The van der Waals surface area contributed by atoms with E-state index in [4.69, 9.17) is 9.47 Å². The van der Waals surface area contributed by atoms with E-state index < -0.39 is 0 Å². The third kappa shape index (κ3) is 3.87. The van der Waals surface area contributed by atoms with Gasteiger partial charge in [-0.05, 0) is 31.0 Å². The van der Waals surface area contributed by atoms with E-state index in [0.29, 0.717) is 30.2 Å². The quantitative estimate of drug-likeness (QED) is 0.817. The Bertz CT molecular complexity index is 637. The van der Waals surface area contributed by atoms with Crippen molar-refractivity contribution in [2.75, 3.05) is 40.4 Å². The standard InChI is InChI=1S/C18H25N3O4/c1-24-15-4-3-12(9-16(15)25-2)18(23)21-7-5-14(6-8-21)20-17(22)13-10-19-11-13/h3-4,9,13-14,19H,5-8,10-11H2,1-2H3,(H,20,22). The van der Waals surface area contributed by atoms with Gasteiger partial charge in [-0.1, -0.05) is 0 Å². The minimum absolute atomic E-state index is 0.0195. The Kier molecular flexibility index (Phi) is 5.43. The average molecular weight is 347 g/mol. The molecular weight excluding hydrogens is 322 g/mol. The molecule has 2 amide bonds. The number of nitrogens with one attached hydrogen (secondary N) is 2. The number of rotatable bonds is 5. The number of methoxy groups -OCH3 is 2. The highest BCUT2D eigenvalue weighted by atomic mass is 16.5. The number of amides is 2. The van der Waals surface area contributed by atoms with Crippen LogP contribution in [0.2, 0.25) is 0 Å². The van der Waals surface area contributed by atoms with E-state index in [9.17, 15) is 9.59 Å². The maximum absolute atomic E-state index is 12.7. The molecule has 2 fully saturated rings. The summed E-state index contributed by atoms with van der Waals surface area (Å²) in [5, 5.41) is 6.20.